The highest BCUT2D eigenvalue weighted by atomic mass is 19.4. The molecule has 5 rings (SSSR count). The Morgan fingerprint density at radius 2 is 2.03 bits per heavy atom. The van der Waals surface area contributed by atoms with Gasteiger partial charge in [-0.15, -0.1) is 0 Å². The van der Waals surface area contributed by atoms with Crippen LogP contribution in [0.5, 0.6) is 11.6 Å². The predicted octanol–water partition coefficient (Wildman–Crippen LogP) is 3.27. The van der Waals surface area contributed by atoms with Gasteiger partial charge >= 0.3 is 6.18 Å². The number of nitrogens with zero attached hydrogens (tertiary/aromatic N) is 2. The summed E-state index contributed by atoms with van der Waals surface area (Å²) >= 11 is 0. The summed E-state index contributed by atoms with van der Waals surface area (Å²) in [7, 11) is 0. The average molecular weight is 495 g/mol. The van der Waals surface area contributed by atoms with Gasteiger partial charge in [0.1, 0.15) is 25.1 Å². The summed E-state index contributed by atoms with van der Waals surface area (Å²) in [4.78, 5) is 12.9. The Bertz CT molecular complexity index is 1050. The number of carbonyl (C=O) groups is 1. The Hall–Kier alpha value is -2.79. The summed E-state index contributed by atoms with van der Waals surface area (Å²) in [5.41, 5.74) is 1.70. The Balaban J connectivity index is 1.17. The van der Waals surface area contributed by atoms with E-state index < -0.39 is 12.8 Å². The second kappa shape index (κ2) is 10.1. The van der Waals surface area contributed by atoms with Crippen molar-refractivity contribution in [3.05, 3.63) is 41.1 Å². The molecule has 1 aromatic heterocycles. The molecule has 0 radical (unpaired) electrons. The SMILES string of the molecule is O=C(N[C@H]1COc2ccc(COCC(F)(F)F)cc2C1)c1cc2n(n1)CC[C@H](C1CCOCC1)O2. The Labute approximate surface area is 200 Å². The van der Waals surface area contributed by atoms with Gasteiger partial charge in [0.05, 0.1) is 12.6 Å². The van der Waals surface area contributed by atoms with Crippen LogP contribution >= 0.6 is 0 Å². The maximum Gasteiger partial charge on any atom is 0.411 e. The van der Waals surface area contributed by atoms with Gasteiger partial charge in [0.25, 0.3) is 5.91 Å². The molecule has 0 unspecified atom stereocenters. The van der Waals surface area contributed by atoms with Crippen LogP contribution in [0, 0.1) is 5.92 Å². The fourth-order valence-electron chi connectivity index (χ4n) is 4.82. The highest BCUT2D eigenvalue weighted by Crippen LogP contribution is 2.31. The zero-order chi connectivity index (χ0) is 24.4. The van der Waals surface area contributed by atoms with Crippen LogP contribution in [0.1, 0.15) is 40.9 Å². The minimum absolute atomic E-state index is 0.108. The van der Waals surface area contributed by atoms with E-state index in [9.17, 15) is 18.0 Å². The highest BCUT2D eigenvalue weighted by Gasteiger charge is 2.32. The number of rotatable bonds is 6. The highest BCUT2D eigenvalue weighted by molar-refractivity contribution is 5.92. The molecule has 3 aliphatic heterocycles. The van der Waals surface area contributed by atoms with Crippen molar-refractivity contribution in [1.82, 2.24) is 15.1 Å². The number of aryl methyl sites for hydroxylation is 1. The molecule has 2 aromatic rings. The van der Waals surface area contributed by atoms with Crippen molar-refractivity contribution in [2.45, 2.75) is 57.2 Å². The van der Waals surface area contributed by atoms with E-state index in [2.05, 4.69) is 10.4 Å². The lowest BCUT2D eigenvalue weighted by Crippen LogP contribution is -2.43. The number of hydrogen-bond acceptors (Lipinski definition) is 6. The molecule has 1 aromatic carbocycles. The molecule has 3 aliphatic rings. The first kappa shape index (κ1) is 23.9. The topological polar surface area (TPSA) is 83.8 Å². The van der Waals surface area contributed by atoms with Crippen LogP contribution in [0.2, 0.25) is 0 Å². The van der Waals surface area contributed by atoms with Gasteiger partial charge in [-0.3, -0.25) is 4.79 Å². The van der Waals surface area contributed by atoms with Gasteiger partial charge in [-0.25, -0.2) is 4.68 Å². The molecule has 1 saturated heterocycles. The van der Waals surface area contributed by atoms with E-state index in [1.807, 2.05) is 0 Å². The van der Waals surface area contributed by atoms with E-state index >= 15 is 0 Å². The van der Waals surface area contributed by atoms with Crippen LogP contribution in [0.25, 0.3) is 0 Å². The number of amides is 1. The zero-order valence-electron chi connectivity index (χ0n) is 19.2. The van der Waals surface area contributed by atoms with Gasteiger partial charge in [-0.1, -0.05) is 6.07 Å². The quantitative estimate of drug-likeness (QED) is 0.663. The lowest BCUT2D eigenvalue weighted by atomic mass is 9.91. The smallest absolute Gasteiger partial charge is 0.411 e. The summed E-state index contributed by atoms with van der Waals surface area (Å²) in [5.74, 6) is 1.39. The molecule has 2 atom stereocenters. The van der Waals surface area contributed by atoms with Crippen LogP contribution in [0.15, 0.2) is 24.3 Å². The van der Waals surface area contributed by atoms with Crippen molar-refractivity contribution in [3.8, 4) is 11.6 Å². The van der Waals surface area contributed by atoms with E-state index in [0.29, 0.717) is 42.7 Å². The van der Waals surface area contributed by atoms with E-state index in [0.717, 1.165) is 38.0 Å². The first-order valence-corrected chi connectivity index (χ1v) is 11.9. The third kappa shape index (κ3) is 5.90. The number of ether oxygens (including phenoxy) is 4. The lowest BCUT2D eigenvalue weighted by molar-refractivity contribution is -0.176. The largest absolute Gasteiger partial charge is 0.491 e. The molecular formula is C24H28F3N3O5. The van der Waals surface area contributed by atoms with Crippen molar-refractivity contribution in [2.75, 3.05) is 26.4 Å². The number of alkyl halides is 3. The third-order valence-electron chi connectivity index (χ3n) is 6.57. The summed E-state index contributed by atoms with van der Waals surface area (Å²) in [6, 6.07) is 6.53. The number of fused-ring (bicyclic) bond motifs is 2. The van der Waals surface area contributed by atoms with Gasteiger partial charge in [0.2, 0.25) is 5.88 Å². The standard InChI is InChI=1S/C24H28F3N3O5/c25-24(26,27)14-33-12-15-1-2-20-17(9-15)10-18(13-34-20)28-23(31)19-11-22-30(29-19)6-3-21(35-22)16-4-7-32-8-5-16/h1-2,9,11,16,18,21H,3-8,10,12-14H2,(H,28,31)/t18-,21-/m1/s1. The van der Waals surface area contributed by atoms with Crippen molar-refractivity contribution in [3.63, 3.8) is 0 Å². The molecule has 0 saturated carbocycles. The number of halogens is 3. The molecule has 1 amide bonds. The van der Waals surface area contributed by atoms with Gasteiger partial charge < -0.3 is 24.3 Å². The molecule has 4 heterocycles. The normalized spacial score (nSPS) is 22.5. The first-order chi connectivity index (χ1) is 16.8. The van der Waals surface area contributed by atoms with Crippen LogP contribution in [-0.4, -0.2) is 60.4 Å². The number of benzene rings is 1. The molecule has 1 N–H and O–H groups in total. The molecule has 1 fully saturated rings. The Morgan fingerprint density at radius 3 is 2.83 bits per heavy atom. The molecular weight excluding hydrogens is 467 g/mol. The Morgan fingerprint density at radius 1 is 1.20 bits per heavy atom. The van der Waals surface area contributed by atoms with E-state index in [1.54, 1.807) is 28.9 Å². The predicted molar refractivity (Wildman–Crippen MR) is 117 cm³/mol. The van der Waals surface area contributed by atoms with Crippen molar-refractivity contribution in [1.29, 1.82) is 0 Å². The molecule has 0 bridgehead atoms. The minimum Gasteiger partial charge on any atom is -0.491 e. The number of nitrogens with one attached hydrogen (secondary N) is 1. The van der Waals surface area contributed by atoms with Crippen molar-refractivity contribution in [2.24, 2.45) is 5.92 Å². The second-order valence-corrected chi connectivity index (χ2v) is 9.22. The molecule has 0 spiro atoms. The van der Waals surface area contributed by atoms with Crippen molar-refractivity contribution >= 4 is 5.91 Å². The maximum absolute atomic E-state index is 12.9. The van der Waals surface area contributed by atoms with Gasteiger partial charge in [-0.05, 0) is 42.5 Å². The van der Waals surface area contributed by atoms with Crippen LogP contribution < -0.4 is 14.8 Å². The molecule has 0 aliphatic carbocycles. The summed E-state index contributed by atoms with van der Waals surface area (Å²) in [5, 5.41) is 7.36. The molecule has 11 heteroatoms. The maximum atomic E-state index is 12.9. The minimum atomic E-state index is -4.37. The van der Waals surface area contributed by atoms with E-state index in [1.165, 1.54) is 0 Å². The number of aromatic nitrogens is 2. The average Bonchev–Trinajstić information content (AvgIpc) is 3.27. The number of carbonyl (C=O) groups excluding carboxylic acids is 1. The summed E-state index contributed by atoms with van der Waals surface area (Å²) in [6.07, 6.45) is -0.962. The fourth-order valence-corrected chi connectivity index (χ4v) is 4.82. The van der Waals surface area contributed by atoms with Crippen LogP contribution in [0.3, 0.4) is 0 Å². The van der Waals surface area contributed by atoms with Gasteiger partial charge in [0.15, 0.2) is 5.69 Å². The van der Waals surface area contributed by atoms with Crippen LogP contribution in [-0.2, 0) is 29.0 Å². The lowest BCUT2D eigenvalue weighted by Gasteiger charge is -2.33. The first-order valence-electron chi connectivity index (χ1n) is 11.9. The zero-order valence-corrected chi connectivity index (χ0v) is 19.2. The fraction of sp³-hybridized carbons (Fsp3) is 0.583. The van der Waals surface area contributed by atoms with E-state index in [4.69, 9.17) is 18.9 Å². The van der Waals surface area contributed by atoms with E-state index in [-0.39, 0.29) is 30.4 Å². The van der Waals surface area contributed by atoms with Crippen molar-refractivity contribution < 1.29 is 36.9 Å². The monoisotopic (exact) mass is 495 g/mol. The molecule has 35 heavy (non-hydrogen) atoms. The number of hydrogen-bond donors (Lipinski definition) is 1. The molecule has 190 valence electrons. The van der Waals surface area contributed by atoms with Gasteiger partial charge in [-0.2, -0.15) is 18.3 Å². The van der Waals surface area contributed by atoms with Gasteiger partial charge in [0, 0.05) is 38.2 Å². The summed E-state index contributed by atoms with van der Waals surface area (Å²) in [6.45, 7) is 1.05. The Kier molecular flexibility index (Phi) is 6.88. The summed E-state index contributed by atoms with van der Waals surface area (Å²) < 4.78 is 60.8. The third-order valence-corrected chi connectivity index (χ3v) is 6.57. The second-order valence-electron chi connectivity index (χ2n) is 9.22. The van der Waals surface area contributed by atoms with Crippen LogP contribution in [0.4, 0.5) is 13.2 Å². The molecule has 8 nitrogen and oxygen atoms in total.